The van der Waals surface area contributed by atoms with Gasteiger partial charge in [0.15, 0.2) is 10.9 Å². The number of halogens is 1. The molecule has 0 aliphatic heterocycles. The second-order valence-corrected chi connectivity index (χ2v) is 7.61. The number of hydrogen-bond donors (Lipinski definition) is 0. The van der Waals surface area contributed by atoms with E-state index in [0.717, 1.165) is 33.7 Å². The third kappa shape index (κ3) is 3.28. The molecule has 1 saturated carbocycles. The molecule has 0 saturated heterocycles. The van der Waals surface area contributed by atoms with Crippen LogP contribution in [0.1, 0.15) is 45.9 Å². The van der Waals surface area contributed by atoms with Gasteiger partial charge in [0.05, 0.1) is 17.8 Å². The van der Waals surface area contributed by atoms with Gasteiger partial charge < -0.3 is 4.52 Å². The van der Waals surface area contributed by atoms with Crippen molar-refractivity contribution in [3.63, 3.8) is 0 Å². The average Bonchev–Trinajstić information content (AvgIpc) is 3.16. The Hall–Kier alpha value is -1.93. The van der Waals surface area contributed by atoms with Crippen molar-refractivity contribution in [1.82, 2.24) is 19.9 Å². The van der Waals surface area contributed by atoms with Crippen molar-refractivity contribution >= 4 is 33.5 Å². The van der Waals surface area contributed by atoms with E-state index in [1.54, 1.807) is 4.68 Å². The van der Waals surface area contributed by atoms with Crippen LogP contribution in [0.5, 0.6) is 0 Å². The topological polar surface area (TPSA) is 73.8 Å². The molecule has 4 rings (SSSR count). The van der Waals surface area contributed by atoms with Gasteiger partial charge in [0.1, 0.15) is 12.6 Å². The Balaban J connectivity index is 1.72. The molecule has 1 aromatic carbocycles. The molecular formula is C17H15BrN4O2S. The Morgan fingerprint density at radius 2 is 2.24 bits per heavy atom. The lowest BCUT2D eigenvalue weighted by Gasteiger charge is -2.10. The summed E-state index contributed by atoms with van der Waals surface area (Å²) in [4.78, 5) is 17.3. The third-order valence-corrected chi connectivity index (χ3v) is 5.38. The first-order valence-corrected chi connectivity index (χ1v) is 9.88. The van der Waals surface area contributed by atoms with E-state index in [4.69, 9.17) is 4.52 Å². The summed E-state index contributed by atoms with van der Waals surface area (Å²) in [5.74, 6) is 0.298. The van der Waals surface area contributed by atoms with E-state index < -0.39 is 0 Å². The van der Waals surface area contributed by atoms with Crippen LogP contribution in [-0.4, -0.2) is 32.0 Å². The van der Waals surface area contributed by atoms with Crippen molar-refractivity contribution in [2.45, 2.75) is 30.5 Å². The Morgan fingerprint density at radius 1 is 1.40 bits per heavy atom. The van der Waals surface area contributed by atoms with Crippen LogP contribution in [-0.2, 0) is 6.54 Å². The number of aromatic nitrogens is 4. The summed E-state index contributed by atoms with van der Waals surface area (Å²) in [7, 11) is 0. The molecule has 3 aromatic rings. The van der Waals surface area contributed by atoms with Gasteiger partial charge in [-0.05, 0) is 42.9 Å². The van der Waals surface area contributed by atoms with Crippen LogP contribution in [0.25, 0.3) is 0 Å². The molecular weight excluding hydrogens is 404 g/mol. The predicted octanol–water partition coefficient (Wildman–Crippen LogP) is 3.91. The van der Waals surface area contributed by atoms with Crippen LogP contribution >= 0.6 is 27.7 Å². The first-order valence-electron chi connectivity index (χ1n) is 7.86. The fourth-order valence-electron chi connectivity index (χ4n) is 2.81. The standard InChI is InChI=1S/C17H15BrN4O2S/c1-25-17-19-9-20-22(17)7-11-6-12(18)4-5-13(11)16(23)14-8-24-21-15(14)10-2-3-10/h4-6,8-10H,2-3,7H2,1H3. The van der Waals surface area contributed by atoms with Crippen molar-refractivity contribution in [2.24, 2.45) is 0 Å². The maximum absolute atomic E-state index is 13.1. The zero-order valence-corrected chi connectivity index (χ0v) is 15.9. The molecule has 0 N–H and O–H groups in total. The minimum atomic E-state index is -0.0588. The molecule has 0 atom stereocenters. The predicted molar refractivity (Wildman–Crippen MR) is 97.0 cm³/mol. The van der Waals surface area contributed by atoms with Gasteiger partial charge in [-0.15, -0.1) is 0 Å². The molecule has 0 bridgehead atoms. The Bertz CT molecular complexity index is 932. The van der Waals surface area contributed by atoms with Crippen molar-refractivity contribution < 1.29 is 9.32 Å². The van der Waals surface area contributed by atoms with Gasteiger partial charge in [0.25, 0.3) is 0 Å². The van der Waals surface area contributed by atoms with E-state index in [2.05, 4.69) is 31.2 Å². The summed E-state index contributed by atoms with van der Waals surface area (Å²) in [5, 5.41) is 9.10. The van der Waals surface area contributed by atoms with Gasteiger partial charge in [-0.25, -0.2) is 9.67 Å². The van der Waals surface area contributed by atoms with Gasteiger partial charge in [-0.1, -0.05) is 32.8 Å². The van der Waals surface area contributed by atoms with Crippen molar-refractivity contribution in [3.05, 3.63) is 57.6 Å². The van der Waals surface area contributed by atoms with E-state index in [1.807, 2.05) is 24.5 Å². The van der Waals surface area contributed by atoms with Gasteiger partial charge >= 0.3 is 0 Å². The second-order valence-electron chi connectivity index (χ2n) is 5.92. The molecule has 2 aromatic heterocycles. The summed E-state index contributed by atoms with van der Waals surface area (Å²) >= 11 is 5.01. The van der Waals surface area contributed by atoms with Gasteiger partial charge in [0.2, 0.25) is 0 Å². The summed E-state index contributed by atoms with van der Waals surface area (Å²) in [5.41, 5.74) is 2.86. The van der Waals surface area contributed by atoms with Crippen molar-refractivity contribution in [3.8, 4) is 0 Å². The summed E-state index contributed by atoms with van der Waals surface area (Å²) < 4.78 is 7.79. The zero-order valence-electron chi connectivity index (χ0n) is 13.5. The van der Waals surface area contributed by atoms with Gasteiger partial charge in [-0.3, -0.25) is 4.79 Å². The van der Waals surface area contributed by atoms with Crippen LogP contribution in [0.4, 0.5) is 0 Å². The molecule has 25 heavy (non-hydrogen) atoms. The van der Waals surface area contributed by atoms with E-state index in [0.29, 0.717) is 23.6 Å². The minimum absolute atomic E-state index is 0.0588. The molecule has 0 radical (unpaired) electrons. The first kappa shape index (κ1) is 16.5. The number of ketones is 1. The molecule has 6 nitrogen and oxygen atoms in total. The lowest BCUT2D eigenvalue weighted by Crippen LogP contribution is -2.11. The zero-order chi connectivity index (χ0) is 17.4. The van der Waals surface area contributed by atoms with Crippen molar-refractivity contribution in [2.75, 3.05) is 6.26 Å². The van der Waals surface area contributed by atoms with Crippen LogP contribution in [0.3, 0.4) is 0 Å². The highest BCUT2D eigenvalue weighted by Crippen LogP contribution is 2.41. The highest BCUT2D eigenvalue weighted by atomic mass is 79.9. The number of hydrogen-bond acceptors (Lipinski definition) is 6. The maximum atomic E-state index is 13.1. The molecule has 128 valence electrons. The lowest BCUT2D eigenvalue weighted by molar-refractivity contribution is 0.103. The second kappa shape index (κ2) is 6.76. The highest BCUT2D eigenvalue weighted by Gasteiger charge is 2.32. The van der Waals surface area contributed by atoms with Crippen molar-refractivity contribution in [1.29, 1.82) is 0 Å². The SMILES string of the molecule is CSc1ncnn1Cc1cc(Br)ccc1C(=O)c1conc1C1CC1. The number of thioether (sulfide) groups is 1. The fraction of sp³-hybridized carbons (Fsp3) is 0.294. The number of nitrogens with zero attached hydrogens (tertiary/aromatic N) is 4. The molecule has 1 aliphatic rings. The summed E-state index contributed by atoms with van der Waals surface area (Å²) in [6.45, 7) is 0.473. The van der Waals surface area contributed by atoms with Gasteiger partial charge in [0, 0.05) is 16.0 Å². The normalized spacial score (nSPS) is 14.0. The smallest absolute Gasteiger partial charge is 0.198 e. The van der Waals surface area contributed by atoms with E-state index in [1.165, 1.54) is 24.4 Å². The summed E-state index contributed by atoms with van der Waals surface area (Å²) in [6.07, 6.45) is 7.07. The highest BCUT2D eigenvalue weighted by molar-refractivity contribution is 9.10. The largest absolute Gasteiger partial charge is 0.364 e. The molecule has 1 fully saturated rings. The molecule has 0 amide bonds. The minimum Gasteiger partial charge on any atom is -0.364 e. The molecule has 8 heteroatoms. The molecule has 2 heterocycles. The van der Waals surface area contributed by atoms with E-state index in [-0.39, 0.29) is 5.78 Å². The Labute approximate surface area is 157 Å². The monoisotopic (exact) mass is 418 g/mol. The van der Waals surface area contributed by atoms with E-state index in [9.17, 15) is 4.79 Å². The quantitative estimate of drug-likeness (QED) is 0.446. The molecule has 1 aliphatic carbocycles. The fourth-order valence-corrected chi connectivity index (χ4v) is 3.69. The average molecular weight is 419 g/mol. The van der Waals surface area contributed by atoms with Gasteiger partial charge in [-0.2, -0.15) is 5.10 Å². The van der Waals surface area contributed by atoms with Crippen LogP contribution in [0, 0.1) is 0 Å². The molecule has 0 unspecified atom stereocenters. The third-order valence-electron chi connectivity index (χ3n) is 4.20. The summed E-state index contributed by atoms with van der Waals surface area (Å²) in [6, 6.07) is 5.66. The number of rotatable bonds is 6. The van der Waals surface area contributed by atoms with E-state index >= 15 is 0 Å². The number of carbonyl (C=O) groups excluding carboxylic acids is 1. The number of benzene rings is 1. The number of carbonyl (C=O) groups is 1. The van der Waals surface area contributed by atoms with Crippen LogP contribution < -0.4 is 0 Å². The first-order chi connectivity index (χ1) is 12.2. The molecule has 0 spiro atoms. The Morgan fingerprint density at radius 3 is 3.00 bits per heavy atom. The van der Waals surface area contributed by atoms with Crippen LogP contribution in [0.15, 0.2) is 44.9 Å². The van der Waals surface area contributed by atoms with Crippen LogP contribution in [0.2, 0.25) is 0 Å². The Kier molecular flexibility index (Phi) is 4.47. The lowest BCUT2D eigenvalue weighted by atomic mass is 9.97. The maximum Gasteiger partial charge on any atom is 0.198 e.